The van der Waals surface area contributed by atoms with E-state index in [1.165, 1.54) is 81.5 Å². The first kappa shape index (κ1) is 25.2. The van der Waals surface area contributed by atoms with Gasteiger partial charge in [0.05, 0.1) is 6.54 Å². The molecule has 1 saturated carbocycles. The summed E-state index contributed by atoms with van der Waals surface area (Å²) >= 11 is 0. The normalized spacial score (nSPS) is 20.9. The number of anilines is 1. The molecule has 3 heterocycles. The second-order valence-corrected chi connectivity index (χ2v) is 11.0. The molecule has 2 aliphatic rings. The van der Waals surface area contributed by atoms with Gasteiger partial charge in [-0.15, -0.1) is 0 Å². The lowest BCUT2D eigenvalue weighted by Crippen LogP contribution is -2.35. The minimum atomic E-state index is 0.594. The van der Waals surface area contributed by atoms with Crippen molar-refractivity contribution in [3.8, 4) is 0 Å². The van der Waals surface area contributed by atoms with Gasteiger partial charge in [-0.05, 0) is 107 Å². The van der Waals surface area contributed by atoms with Crippen molar-refractivity contribution in [3.63, 3.8) is 0 Å². The monoisotopic (exact) mass is 488 g/mol. The molecule has 1 aromatic carbocycles. The van der Waals surface area contributed by atoms with Crippen LogP contribution in [0.1, 0.15) is 68.1 Å². The largest absolute Gasteiger partial charge is 0.382 e. The molecular formula is C30H44N6. The highest BCUT2D eigenvalue weighted by Crippen LogP contribution is 2.27. The fraction of sp³-hybridized carbons (Fsp3) is 0.600. The molecule has 194 valence electrons. The van der Waals surface area contributed by atoms with Crippen LogP contribution in [0.25, 0.3) is 11.2 Å². The molecule has 0 radical (unpaired) electrons. The molecule has 2 N–H and O–H groups in total. The van der Waals surface area contributed by atoms with Crippen LogP contribution in [0.2, 0.25) is 0 Å². The van der Waals surface area contributed by atoms with Crippen LogP contribution in [-0.2, 0) is 13.0 Å². The van der Waals surface area contributed by atoms with Gasteiger partial charge in [0, 0.05) is 36.9 Å². The van der Waals surface area contributed by atoms with Crippen molar-refractivity contribution in [1.29, 1.82) is 0 Å². The Bertz CT molecular complexity index is 1120. The number of nitrogens with one attached hydrogen (secondary N) is 2. The predicted octanol–water partition coefficient (Wildman–Crippen LogP) is 5.31. The standard InChI is InChI=1S/C30H44N6/c1-4-28-34-29-22(2)19-23(3)32-30(29)36(28)21-25-9-13-27(14-10-25)33-26-11-7-24(8-12-26)20-31-15-18-35-16-5-6-17-35/h9-10,13-14,19,24,26,31,33H,4-8,11-12,15-18,20-21H2,1-3H3. The molecule has 1 aliphatic heterocycles. The Morgan fingerprint density at radius 1 is 0.972 bits per heavy atom. The SMILES string of the molecule is CCc1nc2c(C)cc(C)nc2n1Cc1ccc(NC2CCC(CNCCN3CCCC3)CC2)cc1. The molecular weight excluding hydrogens is 444 g/mol. The molecule has 6 nitrogen and oxygen atoms in total. The molecule has 0 bridgehead atoms. The topological polar surface area (TPSA) is 58.0 Å². The first-order chi connectivity index (χ1) is 17.6. The summed E-state index contributed by atoms with van der Waals surface area (Å²) in [5, 5.41) is 7.52. The first-order valence-corrected chi connectivity index (χ1v) is 14.2. The van der Waals surface area contributed by atoms with Gasteiger partial charge in [-0.1, -0.05) is 19.1 Å². The van der Waals surface area contributed by atoms with Gasteiger partial charge in [-0.2, -0.15) is 0 Å². The maximum absolute atomic E-state index is 4.89. The van der Waals surface area contributed by atoms with Crippen molar-refractivity contribution in [2.75, 3.05) is 38.0 Å². The number of fused-ring (bicyclic) bond motifs is 1. The van der Waals surface area contributed by atoms with E-state index in [4.69, 9.17) is 9.97 Å². The number of pyridine rings is 1. The Hall–Kier alpha value is -2.44. The van der Waals surface area contributed by atoms with Crippen LogP contribution in [0.3, 0.4) is 0 Å². The smallest absolute Gasteiger partial charge is 0.160 e. The van der Waals surface area contributed by atoms with E-state index in [2.05, 4.69) is 71.2 Å². The Kier molecular flexibility index (Phi) is 8.22. The zero-order valence-electron chi connectivity index (χ0n) is 22.5. The maximum Gasteiger partial charge on any atom is 0.160 e. The van der Waals surface area contributed by atoms with Crippen molar-refractivity contribution in [2.24, 2.45) is 5.92 Å². The van der Waals surface area contributed by atoms with Crippen molar-refractivity contribution in [2.45, 2.75) is 78.3 Å². The summed E-state index contributed by atoms with van der Waals surface area (Å²) < 4.78 is 2.29. The van der Waals surface area contributed by atoms with E-state index in [0.717, 1.165) is 48.1 Å². The van der Waals surface area contributed by atoms with E-state index >= 15 is 0 Å². The highest BCUT2D eigenvalue weighted by Gasteiger charge is 2.21. The third-order valence-corrected chi connectivity index (χ3v) is 8.17. The molecule has 5 rings (SSSR count). The lowest BCUT2D eigenvalue weighted by atomic mass is 9.86. The number of hydrogen-bond acceptors (Lipinski definition) is 5. The molecule has 0 unspecified atom stereocenters. The number of rotatable bonds is 10. The summed E-state index contributed by atoms with van der Waals surface area (Å²) in [6.07, 6.45) is 8.87. The highest BCUT2D eigenvalue weighted by atomic mass is 15.2. The minimum absolute atomic E-state index is 0.594. The zero-order valence-corrected chi connectivity index (χ0v) is 22.5. The van der Waals surface area contributed by atoms with Gasteiger partial charge in [0.25, 0.3) is 0 Å². The number of imidazole rings is 1. The molecule has 0 atom stereocenters. The average molecular weight is 489 g/mol. The molecule has 6 heteroatoms. The molecule has 2 fully saturated rings. The third kappa shape index (κ3) is 6.09. The Morgan fingerprint density at radius 2 is 1.72 bits per heavy atom. The van der Waals surface area contributed by atoms with Gasteiger partial charge in [0.2, 0.25) is 0 Å². The van der Waals surface area contributed by atoms with E-state index in [1.807, 2.05) is 0 Å². The number of aromatic nitrogens is 3. The van der Waals surface area contributed by atoms with Crippen molar-refractivity contribution < 1.29 is 0 Å². The fourth-order valence-corrected chi connectivity index (χ4v) is 6.07. The van der Waals surface area contributed by atoms with Crippen molar-refractivity contribution in [1.82, 2.24) is 24.8 Å². The summed E-state index contributed by atoms with van der Waals surface area (Å²) in [4.78, 5) is 12.3. The lowest BCUT2D eigenvalue weighted by Gasteiger charge is -2.30. The fourth-order valence-electron chi connectivity index (χ4n) is 6.07. The maximum atomic E-state index is 4.89. The summed E-state index contributed by atoms with van der Waals surface area (Å²) in [5.41, 5.74) is 6.83. The van der Waals surface area contributed by atoms with E-state index in [-0.39, 0.29) is 0 Å². The third-order valence-electron chi connectivity index (χ3n) is 8.17. The van der Waals surface area contributed by atoms with Crippen LogP contribution in [-0.4, -0.2) is 58.2 Å². The van der Waals surface area contributed by atoms with E-state index in [0.29, 0.717) is 6.04 Å². The lowest BCUT2D eigenvalue weighted by molar-refractivity contribution is 0.303. The molecule has 0 spiro atoms. The van der Waals surface area contributed by atoms with Crippen LogP contribution in [0, 0.1) is 19.8 Å². The second kappa shape index (κ2) is 11.7. The van der Waals surface area contributed by atoms with Crippen LogP contribution < -0.4 is 10.6 Å². The number of benzene rings is 1. The van der Waals surface area contributed by atoms with Gasteiger partial charge < -0.3 is 20.1 Å². The molecule has 3 aromatic rings. The second-order valence-electron chi connectivity index (χ2n) is 11.0. The number of nitrogens with zero attached hydrogens (tertiary/aromatic N) is 4. The van der Waals surface area contributed by atoms with Gasteiger partial charge in [0.15, 0.2) is 5.65 Å². The summed E-state index contributed by atoms with van der Waals surface area (Å²) in [6.45, 7) is 13.3. The summed E-state index contributed by atoms with van der Waals surface area (Å²) in [5.74, 6) is 1.94. The average Bonchev–Trinajstić information content (AvgIpc) is 3.52. The predicted molar refractivity (Wildman–Crippen MR) is 150 cm³/mol. The van der Waals surface area contributed by atoms with Crippen molar-refractivity contribution >= 4 is 16.9 Å². The number of hydrogen-bond donors (Lipinski definition) is 2. The molecule has 2 aromatic heterocycles. The molecule has 1 saturated heterocycles. The highest BCUT2D eigenvalue weighted by molar-refractivity contribution is 5.76. The quantitative estimate of drug-likeness (QED) is 0.379. The number of aryl methyl sites for hydroxylation is 3. The van der Waals surface area contributed by atoms with Crippen molar-refractivity contribution in [3.05, 3.63) is 53.0 Å². The molecule has 1 aliphatic carbocycles. The Balaban J connectivity index is 1.10. The van der Waals surface area contributed by atoms with E-state index in [1.54, 1.807) is 0 Å². The van der Waals surface area contributed by atoms with Crippen LogP contribution >= 0.6 is 0 Å². The Morgan fingerprint density at radius 3 is 2.44 bits per heavy atom. The van der Waals surface area contributed by atoms with Crippen LogP contribution in [0.5, 0.6) is 0 Å². The zero-order chi connectivity index (χ0) is 24.9. The van der Waals surface area contributed by atoms with Crippen LogP contribution in [0.4, 0.5) is 5.69 Å². The van der Waals surface area contributed by atoms with E-state index in [9.17, 15) is 0 Å². The number of likely N-dealkylation sites (tertiary alicyclic amines) is 1. The summed E-state index contributed by atoms with van der Waals surface area (Å²) in [7, 11) is 0. The first-order valence-electron chi connectivity index (χ1n) is 14.2. The van der Waals surface area contributed by atoms with E-state index < -0.39 is 0 Å². The van der Waals surface area contributed by atoms with Gasteiger partial charge in [-0.3, -0.25) is 0 Å². The molecule has 0 amide bonds. The Labute approximate surface area is 216 Å². The van der Waals surface area contributed by atoms with Gasteiger partial charge in [-0.25, -0.2) is 9.97 Å². The van der Waals surface area contributed by atoms with Gasteiger partial charge >= 0.3 is 0 Å². The van der Waals surface area contributed by atoms with Crippen LogP contribution in [0.15, 0.2) is 30.3 Å². The van der Waals surface area contributed by atoms with Gasteiger partial charge in [0.1, 0.15) is 11.3 Å². The summed E-state index contributed by atoms with van der Waals surface area (Å²) in [6, 6.07) is 11.7. The molecule has 36 heavy (non-hydrogen) atoms. The minimum Gasteiger partial charge on any atom is -0.382 e.